The Balaban J connectivity index is 1.64. The average Bonchev–Trinajstić information content (AvgIpc) is 2.87. The second kappa shape index (κ2) is 5.72. The van der Waals surface area contributed by atoms with Gasteiger partial charge in [-0.2, -0.15) is 0 Å². The molecule has 3 atom stereocenters. The smallest absolute Gasteiger partial charge is 0.226 e. The lowest BCUT2D eigenvalue weighted by atomic mass is 9.78. The number of nitrogens with zero attached hydrogens (tertiary/aromatic N) is 2. The van der Waals surface area contributed by atoms with E-state index in [-0.39, 0.29) is 17.9 Å². The summed E-state index contributed by atoms with van der Waals surface area (Å²) >= 11 is 0. The Morgan fingerprint density at radius 3 is 2.80 bits per heavy atom. The molecule has 0 bridgehead atoms. The number of carbonyl (C=O) groups excluding carboxylic acids is 2. The van der Waals surface area contributed by atoms with Crippen molar-refractivity contribution in [2.24, 2.45) is 17.6 Å². The molecule has 3 fully saturated rings. The minimum atomic E-state index is 0.123. The molecule has 1 saturated carbocycles. The number of hydrogen-bond donors (Lipinski definition) is 1. The molecule has 2 saturated heterocycles. The van der Waals surface area contributed by atoms with Crippen molar-refractivity contribution in [3.8, 4) is 0 Å². The van der Waals surface area contributed by atoms with E-state index < -0.39 is 0 Å². The van der Waals surface area contributed by atoms with Crippen LogP contribution in [0.2, 0.25) is 0 Å². The van der Waals surface area contributed by atoms with Crippen molar-refractivity contribution in [1.82, 2.24) is 9.80 Å². The van der Waals surface area contributed by atoms with Crippen LogP contribution in [-0.4, -0.2) is 53.8 Å². The summed E-state index contributed by atoms with van der Waals surface area (Å²) in [5, 5.41) is 0. The van der Waals surface area contributed by atoms with Gasteiger partial charge in [-0.15, -0.1) is 0 Å². The molecule has 0 aromatic carbocycles. The predicted molar refractivity (Wildman–Crippen MR) is 75.8 cm³/mol. The van der Waals surface area contributed by atoms with E-state index in [2.05, 4.69) is 0 Å². The minimum Gasteiger partial charge on any atom is -0.339 e. The molecule has 3 aliphatic rings. The second-order valence-corrected chi connectivity index (χ2v) is 6.45. The summed E-state index contributed by atoms with van der Waals surface area (Å²) in [6.45, 7) is 2.78. The van der Waals surface area contributed by atoms with Crippen LogP contribution in [0, 0.1) is 11.8 Å². The molecule has 0 radical (unpaired) electrons. The maximum atomic E-state index is 12.8. The Bertz CT molecular complexity index is 399. The van der Waals surface area contributed by atoms with E-state index in [4.69, 9.17) is 5.73 Å². The number of nitrogens with two attached hydrogens (primary N) is 1. The Labute approximate surface area is 120 Å². The van der Waals surface area contributed by atoms with Crippen LogP contribution in [0.5, 0.6) is 0 Å². The van der Waals surface area contributed by atoms with E-state index in [9.17, 15) is 9.59 Å². The van der Waals surface area contributed by atoms with Crippen molar-refractivity contribution in [2.45, 2.75) is 44.6 Å². The molecule has 0 aromatic rings. The quantitative estimate of drug-likeness (QED) is 0.804. The highest BCUT2D eigenvalue weighted by Crippen LogP contribution is 2.32. The van der Waals surface area contributed by atoms with Gasteiger partial charge in [0.15, 0.2) is 0 Å². The second-order valence-electron chi connectivity index (χ2n) is 6.45. The first kappa shape index (κ1) is 13.9. The van der Waals surface area contributed by atoms with Gasteiger partial charge in [-0.25, -0.2) is 0 Å². The van der Waals surface area contributed by atoms with Crippen molar-refractivity contribution in [1.29, 1.82) is 0 Å². The van der Waals surface area contributed by atoms with Crippen molar-refractivity contribution >= 4 is 11.8 Å². The molecule has 3 rings (SSSR count). The third kappa shape index (κ3) is 2.43. The van der Waals surface area contributed by atoms with Crippen LogP contribution in [0.4, 0.5) is 0 Å². The molecule has 2 N–H and O–H groups in total. The van der Waals surface area contributed by atoms with Gasteiger partial charge >= 0.3 is 0 Å². The van der Waals surface area contributed by atoms with Gasteiger partial charge in [-0.05, 0) is 31.7 Å². The lowest BCUT2D eigenvalue weighted by molar-refractivity contribution is -0.144. The van der Waals surface area contributed by atoms with E-state index in [1.54, 1.807) is 0 Å². The third-order valence-electron chi connectivity index (χ3n) is 5.34. The van der Waals surface area contributed by atoms with Crippen LogP contribution in [0.15, 0.2) is 0 Å². The molecule has 0 spiro atoms. The summed E-state index contributed by atoms with van der Waals surface area (Å²) in [5.41, 5.74) is 5.84. The number of amides is 2. The van der Waals surface area contributed by atoms with Crippen LogP contribution >= 0.6 is 0 Å². The van der Waals surface area contributed by atoms with E-state index in [1.165, 1.54) is 6.42 Å². The molecule has 5 heteroatoms. The number of rotatable bonds is 2. The van der Waals surface area contributed by atoms with E-state index in [0.717, 1.165) is 38.8 Å². The van der Waals surface area contributed by atoms with Crippen LogP contribution < -0.4 is 5.73 Å². The molecule has 112 valence electrons. The van der Waals surface area contributed by atoms with Crippen LogP contribution in [-0.2, 0) is 9.59 Å². The van der Waals surface area contributed by atoms with Gasteiger partial charge in [0.1, 0.15) is 0 Å². The Morgan fingerprint density at radius 1 is 1.20 bits per heavy atom. The summed E-state index contributed by atoms with van der Waals surface area (Å²) < 4.78 is 0. The first-order chi connectivity index (χ1) is 9.70. The fourth-order valence-electron chi connectivity index (χ4n) is 4.11. The van der Waals surface area contributed by atoms with E-state index in [1.807, 2.05) is 9.80 Å². The SMILES string of the molecule is NCC1CCCCC1C(=O)N1CCN2C(=O)CCC2C1. The topological polar surface area (TPSA) is 66.6 Å². The van der Waals surface area contributed by atoms with Crippen molar-refractivity contribution in [2.75, 3.05) is 26.2 Å². The fraction of sp³-hybridized carbons (Fsp3) is 0.867. The van der Waals surface area contributed by atoms with Crippen molar-refractivity contribution < 1.29 is 9.59 Å². The molecular formula is C15H25N3O2. The molecule has 2 aliphatic heterocycles. The van der Waals surface area contributed by atoms with Crippen molar-refractivity contribution in [3.05, 3.63) is 0 Å². The zero-order valence-electron chi connectivity index (χ0n) is 12.1. The number of fused-ring (bicyclic) bond motifs is 1. The molecule has 5 nitrogen and oxygen atoms in total. The highest BCUT2D eigenvalue weighted by molar-refractivity contribution is 5.81. The first-order valence-corrected chi connectivity index (χ1v) is 7.99. The lowest BCUT2D eigenvalue weighted by Crippen LogP contribution is -2.55. The van der Waals surface area contributed by atoms with Crippen molar-refractivity contribution in [3.63, 3.8) is 0 Å². The standard InChI is InChI=1S/C15H25N3O2/c16-9-11-3-1-2-4-13(11)15(20)17-7-8-18-12(10-17)5-6-14(18)19/h11-13H,1-10,16H2. The van der Waals surface area contributed by atoms with Gasteiger partial charge in [-0.1, -0.05) is 12.8 Å². The highest BCUT2D eigenvalue weighted by atomic mass is 16.2. The van der Waals surface area contributed by atoms with Gasteiger partial charge in [-0.3, -0.25) is 9.59 Å². The maximum Gasteiger partial charge on any atom is 0.226 e. The van der Waals surface area contributed by atoms with Gasteiger partial charge in [0.25, 0.3) is 0 Å². The normalized spacial score (nSPS) is 34.2. The number of carbonyl (C=O) groups is 2. The summed E-state index contributed by atoms with van der Waals surface area (Å²) in [6.07, 6.45) is 6.00. The number of piperazine rings is 1. The van der Waals surface area contributed by atoms with Crippen LogP contribution in [0.3, 0.4) is 0 Å². The van der Waals surface area contributed by atoms with E-state index >= 15 is 0 Å². The van der Waals surface area contributed by atoms with E-state index in [0.29, 0.717) is 31.3 Å². The molecule has 20 heavy (non-hydrogen) atoms. The molecule has 2 heterocycles. The Morgan fingerprint density at radius 2 is 2.00 bits per heavy atom. The summed E-state index contributed by atoms with van der Waals surface area (Å²) in [4.78, 5) is 28.4. The Kier molecular flexibility index (Phi) is 3.96. The maximum absolute atomic E-state index is 12.8. The van der Waals surface area contributed by atoms with Gasteiger partial charge < -0.3 is 15.5 Å². The summed E-state index contributed by atoms with van der Waals surface area (Å²) in [6, 6.07) is 0.264. The molecule has 0 aromatic heterocycles. The van der Waals surface area contributed by atoms with Crippen LogP contribution in [0.25, 0.3) is 0 Å². The molecule has 3 unspecified atom stereocenters. The molecular weight excluding hydrogens is 254 g/mol. The van der Waals surface area contributed by atoms with Gasteiger partial charge in [0, 0.05) is 38.0 Å². The van der Waals surface area contributed by atoms with Gasteiger partial charge in [0.2, 0.25) is 11.8 Å². The lowest BCUT2D eigenvalue weighted by Gasteiger charge is -2.41. The monoisotopic (exact) mass is 279 g/mol. The first-order valence-electron chi connectivity index (χ1n) is 7.99. The molecule has 2 amide bonds. The predicted octanol–water partition coefficient (Wildman–Crippen LogP) is 0.585. The average molecular weight is 279 g/mol. The third-order valence-corrected chi connectivity index (χ3v) is 5.34. The molecule has 1 aliphatic carbocycles. The minimum absolute atomic E-state index is 0.123. The summed E-state index contributed by atoms with van der Waals surface area (Å²) in [7, 11) is 0. The van der Waals surface area contributed by atoms with Gasteiger partial charge in [0.05, 0.1) is 0 Å². The zero-order chi connectivity index (χ0) is 14.1. The Hall–Kier alpha value is -1.10. The summed E-state index contributed by atoms with van der Waals surface area (Å²) in [5.74, 6) is 1.04. The number of hydrogen-bond acceptors (Lipinski definition) is 3. The fourth-order valence-corrected chi connectivity index (χ4v) is 4.11. The largest absolute Gasteiger partial charge is 0.339 e. The highest BCUT2D eigenvalue weighted by Gasteiger charge is 2.40. The van der Waals surface area contributed by atoms with Crippen LogP contribution in [0.1, 0.15) is 38.5 Å². The zero-order valence-corrected chi connectivity index (χ0v) is 12.1.